The van der Waals surface area contributed by atoms with E-state index in [4.69, 9.17) is 4.91 Å². The van der Waals surface area contributed by atoms with Crippen molar-refractivity contribution in [3.05, 3.63) is 30.6 Å². The number of ether oxygens (including phenoxy) is 1. The third kappa shape index (κ3) is 52.3. The van der Waals surface area contributed by atoms with Crippen LogP contribution < -0.4 is 0 Å². The standard InChI is InChI=1S/C4H6O.HNO/c1-3-5-4-2;1-2/h3-4H,1-2H2;1H. The SMILES string of the molecule is C=COC=C.N=O. The maximum atomic E-state index is 7.50. The van der Waals surface area contributed by atoms with Crippen molar-refractivity contribution in [1.82, 2.24) is 0 Å². The lowest BCUT2D eigenvalue weighted by atomic mass is 11.1. The molecule has 0 radical (unpaired) electrons. The first-order valence-electron chi connectivity index (χ1n) is 1.49. The second-order valence-electron chi connectivity index (χ2n) is 0.469. The molecule has 0 spiro atoms. The van der Waals surface area contributed by atoms with Crippen molar-refractivity contribution in [2.75, 3.05) is 0 Å². The summed E-state index contributed by atoms with van der Waals surface area (Å²) in [4.78, 5) is 7.50. The van der Waals surface area contributed by atoms with Gasteiger partial charge in [-0.25, -0.2) is 0 Å². The number of rotatable bonds is 2. The van der Waals surface area contributed by atoms with E-state index < -0.39 is 0 Å². The summed E-state index contributed by atoms with van der Waals surface area (Å²) in [6.45, 7) is 6.51. The normalized spacial score (nSPS) is 4.57. The summed E-state index contributed by atoms with van der Waals surface area (Å²) in [5.41, 5.74) is 4.50. The number of hydrogen-bond donors (Lipinski definition) is 1. The Kier molecular flexibility index (Phi) is 27.6. The van der Waals surface area contributed by atoms with Gasteiger partial charge in [-0.15, -0.1) is 0 Å². The highest BCUT2D eigenvalue weighted by Gasteiger charge is 1.45. The molecule has 0 fully saturated rings. The van der Waals surface area contributed by atoms with Gasteiger partial charge in [0, 0.05) is 0 Å². The average molecular weight is 101 g/mol. The van der Waals surface area contributed by atoms with Crippen LogP contribution in [0.15, 0.2) is 25.7 Å². The van der Waals surface area contributed by atoms with E-state index in [1.807, 2.05) is 0 Å². The van der Waals surface area contributed by atoms with Gasteiger partial charge in [0.05, 0.1) is 12.5 Å². The van der Waals surface area contributed by atoms with E-state index in [1.165, 1.54) is 12.5 Å². The van der Waals surface area contributed by atoms with Crippen molar-refractivity contribution in [2.45, 2.75) is 0 Å². The van der Waals surface area contributed by atoms with Crippen molar-refractivity contribution >= 4 is 0 Å². The van der Waals surface area contributed by atoms with Crippen LogP contribution in [-0.2, 0) is 4.74 Å². The highest BCUT2D eigenvalue weighted by atomic mass is 16.5. The summed E-state index contributed by atoms with van der Waals surface area (Å²) in [6.07, 6.45) is 2.62. The highest BCUT2D eigenvalue weighted by Crippen LogP contribution is 1.65. The van der Waals surface area contributed by atoms with E-state index in [1.54, 1.807) is 0 Å². The van der Waals surface area contributed by atoms with Gasteiger partial charge in [-0.2, -0.15) is 4.91 Å². The first-order chi connectivity index (χ1) is 3.41. The maximum absolute atomic E-state index is 7.50. The summed E-state index contributed by atoms with van der Waals surface area (Å²) >= 11 is 0. The Balaban J connectivity index is 0. The van der Waals surface area contributed by atoms with Crippen molar-refractivity contribution in [1.29, 1.82) is 5.59 Å². The van der Waals surface area contributed by atoms with Gasteiger partial charge in [-0.05, 0) is 0 Å². The number of hydrogen-bond acceptors (Lipinski definition) is 3. The summed E-state index contributed by atoms with van der Waals surface area (Å²) in [5.74, 6) is 0. The number of nitrogens with one attached hydrogen (secondary N) is 1. The van der Waals surface area contributed by atoms with Crippen molar-refractivity contribution in [2.24, 2.45) is 0 Å². The molecule has 0 heterocycles. The van der Waals surface area contributed by atoms with Gasteiger partial charge in [0.2, 0.25) is 0 Å². The Morgan fingerprint density at radius 1 is 1.29 bits per heavy atom. The topological polar surface area (TPSA) is 50.1 Å². The first kappa shape index (κ1) is 9.30. The molecule has 0 aliphatic rings. The lowest BCUT2D eigenvalue weighted by Crippen LogP contribution is -1.52. The quantitative estimate of drug-likeness (QED) is 0.424. The molecule has 0 rings (SSSR count). The van der Waals surface area contributed by atoms with E-state index in [-0.39, 0.29) is 0 Å². The van der Waals surface area contributed by atoms with Gasteiger partial charge in [0.25, 0.3) is 0 Å². The van der Waals surface area contributed by atoms with Gasteiger partial charge in [-0.1, -0.05) is 18.8 Å². The van der Waals surface area contributed by atoms with Crippen LogP contribution in [0.3, 0.4) is 0 Å². The van der Waals surface area contributed by atoms with Gasteiger partial charge in [-0.3, -0.25) is 0 Å². The maximum Gasteiger partial charge on any atom is 0.0829 e. The average Bonchev–Trinajstić information content (AvgIpc) is 1.75. The Morgan fingerprint density at radius 3 is 1.57 bits per heavy atom. The molecule has 3 heteroatoms. The zero-order valence-corrected chi connectivity index (χ0v) is 3.89. The lowest BCUT2D eigenvalue weighted by molar-refractivity contribution is 0.406. The minimum atomic E-state index is 1.31. The predicted octanol–water partition coefficient (Wildman–Crippen LogP) is 1.62. The molecular weight excluding hydrogens is 94.0 g/mol. The number of nitroso groups, excluding NO2 is 1. The molecule has 1 N–H and O–H groups in total. The van der Waals surface area contributed by atoms with Crippen LogP contribution in [0, 0.1) is 10.5 Å². The fourth-order valence-electron chi connectivity index (χ4n) is 0.0680. The van der Waals surface area contributed by atoms with Crippen molar-refractivity contribution < 1.29 is 4.74 Å². The molecule has 0 amide bonds. The zero-order chi connectivity index (χ0) is 6.12. The van der Waals surface area contributed by atoms with E-state index in [0.29, 0.717) is 0 Å². The summed E-state index contributed by atoms with van der Waals surface area (Å²) in [5, 5.41) is 0. The molecule has 0 atom stereocenters. The highest BCUT2D eigenvalue weighted by molar-refractivity contribution is 4.57. The van der Waals surface area contributed by atoms with Crippen LogP contribution in [-0.4, -0.2) is 0 Å². The molecule has 0 bridgehead atoms. The summed E-state index contributed by atoms with van der Waals surface area (Å²) in [7, 11) is 0. The lowest BCUT2D eigenvalue weighted by Gasteiger charge is -1.76. The Hall–Kier alpha value is -1.12. The molecule has 0 aromatic rings. The van der Waals surface area contributed by atoms with Crippen LogP contribution in [0.2, 0.25) is 0 Å². The zero-order valence-electron chi connectivity index (χ0n) is 3.89. The van der Waals surface area contributed by atoms with Crippen LogP contribution in [0.4, 0.5) is 0 Å². The molecule has 0 saturated carbocycles. The minimum absolute atomic E-state index is 1.31. The molecule has 7 heavy (non-hydrogen) atoms. The van der Waals surface area contributed by atoms with Gasteiger partial charge >= 0.3 is 0 Å². The second kappa shape index (κ2) is 20.8. The third-order valence-electron chi connectivity index (χ3n) is 0.192. The monoisotopic (exact) mass is 101 g/mol. The Labute approximate surface area is 42.1 Å². The molecule has 3 nitrogen and oxygen atoms in total. The molecule has 40 valence electrons. The van der Waals surface area contributed by atoms with Gasteiger partial charge < -0.3 is 4.74 Å². The second-order valence-corrected chi connectivity index (χ2v) is 0.469. The van der Waals surface area contributed by atoms with Gasteiger partial charge in [0.15, 0.2) is 0 Å². The molecule has 0 unspecified atom stereocenters. The van der Waals surface area contributed by atoms with E-state index >= 15 is 0 Å². The summed E-state index contributed by atoms with van der Waals surface area (Å²) < 4.78 is 4.36. The van der Waals surface area contributed by atoms with Crippen LogP contribution in [0.1, 0.15) is 0 Å². The van der Waals surface area contributed by atoms with E-state index in [2.05, 4.69) is 23.5 Å². The third-order valence-corrected chi connectivity index (χ3v) is 0.192. The van der Waals surface area contributed by atoms with E-state index in [9.17, 15) is 0 Å². The molecular formula is C4H7NO2. The molecule has 0 aliphatic carbocycles. The Morgan fingerprint density at radius 2 is 1.57 bits per heavy atom. The fourth-order valence-corrected chi connectivity index (χ4v) is 0.0680. The molecule has 0 saturated heterocycles. The largest absolute Gasteiger partial charge is 0.474 e. The molecule has 0 aliphatic heterocycles. The van der Waals surface area contributed by atoms with E-state index in [0.717, 1.165) is 0 Å². The van der Waals surface area contributed by atoms with Gasteiger partial charge in [0.1, 0.15) is 0 Å². The summed E-state index contributed by atoms with van der Waals surface area (Å²) in [6, 6.07) is 0. The van der Waals surface area contributed by atoms with Crippen LogP contribution in [0.25, 0.3) is 0 Å². The molecule has 0 aromatic heterocycles. The van der Waals surface area contributed by atoms with Crippen LogP contribution >= 0.6 is 0 Å². The Bertz CT molecular complexity index is 47.7. The predicted molar refractivity (Wildman–Crippen MR) is 27.6 cm³/mol. The van der Waals surface area contributed by atoms with Crippen molar-refractivity contribution in [3.63, 3.8) is 0 Å². The fraction of sp³-hybridized carbons (Fsp3) is 0. The molecule has 0 aromatic carbocycles. The minimum Gasteiger partial charge on any atom is -0.474 e. The van der Waals surface area contributed by atoms with Crippen LogP contribution in [0.5, 0.6) is 0 Å². The first-order valence-corrected chi connectivity index (χ1v) is 1.49. The van der Waals surface area contributed by atoms with Crippen molar-refractivity contribution in [3.8, 4) is 0 Å². The smallest absolute Gasteiger partial charge is 0.0829 e.